The van der Waals surface area contributed by atoms with Gasteiger partial charge >= 0.3 is 0 Å². The third-order valence-corrected chi connectivity index (χ3v) is 14.6. The number of carbonyl (C=O) groups excluding carboxylic acids is 4. The van der Waals surface area contributed by atoms with Gasteiger partial charge in [0.1, 0.15) is 23.0 Å². The highest BCUT2D eigenvalue weighted by molar-refractivity contribution is 6.23. The summed E-state index contributed by atoms with van der Waals surface area (Å²) in [5.41, 5.74) is 4.67. The van der Waals surface area contributed by atoms with Gasteiger partial charge in [0.25, 0.3) is 0 Å². The fourth-order valence-corrected chi connectivity index (χ4v) is 11.8. The lowest BCUT2D eigenvalue weighted by Crippen LogP contribution is -2.32. The number of hydrogen-bond acceptors (Lipinski definition) is 6. The molecule has 8 nitrogen and oxygen atoms in total. The van der Waals surface area contributed by atoms with Crippen molar-refractivity contribution in [1.29, 1.82) is 0 Å². The predicted molar refractivity (Wildman–Crippen MR) is 238 cm³/mol. The zero-order chi connectivity index (χ0) is 42.4. The Morgan fingerprint density at radius 3 is 0.921 bits per heavy atom. The number of allylic oxidation sites excluding steroid dienone is 4. The highest BCUT2D eigenvalue weighted by Crippen LogP contribution is 2.55. The Bertz CT molecular complexity index is 2600. The van der Waals surface area contributed by atoms with Crippen LogP contribution in [0, 0.1) is 47.3 Å². The van der Waals surface area contributed by atoms with Crippen LogP contribution in [0.1, 0.15) is 35.1 Å². The predicted octanol–water partition coefficient (Wildman–Crippen LogP) is 10.3. The lowest BCUT2D eigenvalue weighted by molar-refractivity contribution is -0.124. The number of nitrogens with zero attached hydrogens (tertiary/aromatic N) is 2. The zero-order valence-electron chi connectivity index (χ0n) is 34.2. The lowest BCUT2D eigenvalue weighted by atomic mass is 9.65. The van der Waals surface area contributed by atoms with Gasteiger partial charge in [0.15, 0.2) is 0 Å². The largest absolute Gasteiger partial charge is 0.457 e. The van der Waals surface area contributed by atoms with Crippen molar-refractivity contribution in [1.82, 2.24) is 0 Å². The molecule has 4 fully saturated rings. The molecule has 6 aromatic carbocycles. The van der Waals surface area contributed by atoms with Crippen LogP contribution in [-0.4, -0.2) is 23.6 Å². The Morgan fingerprint density at radius 1 is 0.349 bits per heavy atom. The number of benzene rings is 6. The molecular formula is C55H42N2O6. The van der Waals surface area contributed by atoms with E-state index in [-0.39, 0.29) is 71.0 Å². The van der Waals surface area contributed by atoms with E-state index >= 15 is 0 Å². The van der Waals surface area contributed by atoms with E-state index in [4.69, 9.17) is 9.47 Å². The number of amides is 4. The van der Waals surface area contributed by atoms with Crippen LogP contribution in [0.3, 0.4) is 0 Å². The fraction of sp³-hybridized carbons (Fsp3) is 0.200. The van der Waals surface area contributed by atoms with Crippen LogP contribution in [0.15, 0.2) is 182 Å². The molecule has 6 aromatic rings. The number of hydrogen-bond donors (Lipinski definition) is 0. The van der Waals surface area contributed by atoms with Gasteiger partial charge in [-0.15, -0.1) is 0 Å². The summed E-state index contributed by atoms with van der Waals surface area (Å²) >= 11 is 0. The Kier molecular flexibility index (Phi) is 8.55. The Balaban J connectivity index is 0.806. The SMILES string of the molecule is O=C1[C@@H]2[C@H](C(=O)N1c1ccc(Oc3ccc(C(c4ccccc4)(c4ccccc4)c4ccc(Oc5ccc(N6C(=O)[C@H]7[C@H](C6=O)[C@H]6C=C[C@H]7C6)cc5)cc4)cc3)cc1)[C@H]1C=C[C@H]2C1. The second-order valence-electron chi connectivity index (χ2n) is 17.7. The highest BCUT2D eigenvalue weighted by Gasteiger charge is 2.60. The molecule has 6 aliphatic rings. The molecule has 2 saturated carbocycles. The number of fused-ring (bicyclic) bond motifs is 10. The van der Waals surface area contributed by atoms with E-state index in [0.29, 0.717) is 34.4 Å². The van der Waals surface area contributed by atoms with Gasteiger partial charge < -0.3 is 9.47 Å². The molecule has 4 aliphatic carbocycles. The molecule has 12 rings (SSSR count). The zero-order valence-corrected chi connectivity index (χ0v) is 34.2. The maximum Gasteiger partial charge on any atom is 0.238 e. The van der Waals surface area contributed by atoms with E-state index in [9.17, 15) is 19.2 Å². The summed E-state index contributed by atoms with van der Waals surface area (Å²) in [6.45, 7) is 0. The van der Waals surface area contributed by atoms with Crippen molar-refractivity contribution < 1.29 is 28.7 Å². The molecule has 308 valence electrons. The van der Waals surface area contributed by atoms with Gasteiger partial charge in [0, 0.05) is 0 Å². The van der Waals surface area contributed by atoms with E-state index in [2.05, 4.69) is 97.1 Å². The lowest BCUT2D eigenvalue weighted by Gasteiger charge is -2.37. The van der Waals surface area contributed by atoms with Gasteiger partial charge in [-0.05, 0) is 132 Å². The van der Waals surface area contributed by atoms with Gasteiger partial charge in [-0.3, -0.25) is 29.0 Å². The Morgan fingerprint density at radius 2 is 0.619 bits per heavy atom. The van der Waals surface area contributed by atoms with Crippen molar-refractivity contribution in [2.24, 2.45) is 47.3 Å². The van der Waals surface area contributed by atoms with Crippen LogP contribution < -0.4 is 19.3 Å². The van der Waals surface area contributed by atoms with Gasteiger partial charge in [0.05, 0.1) is 40.5 Å². The molecule has 4 bridgehead atoms. The molecular weight excluding hydrogens is 785 g/mol. The highest BCUT2D eigenvalue weighted by atomic mass is 16.5. The summed E-state index contributed by atoms with van der Waals surface area (Å²) in [4.78, 5) is 56.3. The first kappa shape index (κ1) is 37.4. The van der Waals surface area contributed by atoms with Gasteiger partial charge in [-0.2, -0.15) is 0 Å². The van der Waals surface area contributed by atoms with Crippen molar-refractivity contribution in [3.63, 3.8) is 0 Å². The van der Waals surface area contributed by atoms with Crippen LogP contribution in [0.4, 0.5) is 11.4 Å². The van der Waals surface area contributed by atoms with Crippen molar-refractivity contribution >= 4 is 35.0 Å². The molecule has 8 atom stereocenters. The minimum absolute atomic E-state index is 0.0959. The molecule has 0 radical (unpaired) electrons. The number of anilines is 2. The van der Waals surface area contributed by atoms with E-state index in [1.165, 1.54) is 9.80 Å². The average Bonchev–Trinajstić information content (AvgIpc) is 4.20. The third kappa shape index (κ3) is 5.73. The van der Waals surface area contributed by atoms with E-state index in [0.717, 1.165) is 35.1 Å². The van der Waals surface area contributed by atoms with Crippen LogP contribution in [-0.2, 0) is 24.6 Å². The van der Waals surface area contributed by atoms with Crippen molar-refractivity contribution in [2.45, 2.75) is 18.3 Å². The molecule has 2 aliphatic heterocycles. The molecule has 0 N–H and O–H groups in total. The maximum absolute atomic E-state index is 13.4. The smallest absolute Gasteiger partial charge is 0.238 e. The summed E-state index contributed by atoms with van der Waals surface area (Å²) in [6.07, 6.45) is 10.2. The summed E-state index contributed by atoms with van der Waals surface area (Å²) < 4.78 is 12.7. The monoisotopic (exact) mass is 826 g/mol. The second kappa shape index (κ2) is 14.4. The molecule has 8 heteroatoms. The van der Waals surface area contributed by atoms with E-state index in [1.807, 2.05) is 36.4 Å². The van der Waals surface area contributed by atoms with Crippen LogP contribution in [0.2, 0.25) is 0 Å². The van der Waals surface area contributed by atoms with Gasteiger partial charge in [0.2, 0.25) is 23.6 Å². The van der Waals surface area contributed by atoms with Gasteiger partial charge in [-0.1, -0.05) is 109 Å². The topological polar surface area (TPSA) is 93.2 Å². The number of ether oxygens (including phenoxy) is 2. The Hall–Kier alpha value is -7.32. The molecule has 0 aromatic heterocycles. The molecule has 2 saturated heterocycles. The van der Waals surface area contributed by atoms with Crippen molar-refractivity contribution in [3.05, 3.63) is 204 Å². The third-order valence-electron chi connectivity index (χ3n) is 14.6. The normalized spacial score (nSPS) is 26.2. The molecule has 0 unspecified atom stereocenters. The van der Waals surface area contributed by atoms with Crippen LogP contribution in [0.5, 0.6) is 23.0 Å². The summed E-state index contributed by atoms with van der Waals surface area (Å²) in [5.74, 6) is 1.78. The maximum atomic E-state index is 13.4. The first-order chi connectivity index (χ1) is 30.9. The molecule has 4 amide bonds. The van der Waals surface area contributed by atoms with Crippen molar-refractivity contribution in [2.75, 3.05) is 9.80 Å². The minimum Gasteiger partial charge on any atom is -0.457 e. The summed E-state index contributed by atoms with van der Waals surface area (Å²) in [7, 11) is 0. The number of carbonyl (C=O) groups is 4. The summed E-state index contributed by atoms with van der Waals surface area (Å²) in [5, 5.41) is 0. The van der Waals surface area contributed by atoms with Crippen LogP contribution >= 0.6 is 0 Å². The number of rotatable bonds is 10. The molecule has 63 heavy (non-hydrogen) atoms. The second-order valence-corrected chi connectivity index (χ2v) is 17.7. The minimum atomic E-state index is -0.715. The van der Waals surface area contributed by atoms with Crippen molar-refractivity contribution in [3.8, 4) is 23.0 Å². The standard InChI is InChI=1S/C55H42N2O6/c58-51-47-33-11-12-34(31-33)48(47)52(59)56(51)41-19-27-45(28-20-41)62-43-23-15-39(16-24-43)55(37-7-3-1-4-8-37,38-9-5-2-6-10-38)40-17-25-44(26-18-40)63-46-29-21-42(22-30-46)57-53(60)49-35-13-14-36(32-35)50(49)54(57)61/h1-30,33-36,47-50H,31-32H2/t33-,34-,35-,36-,47-,48+,49+,50+/m0/s1. The van der Waals surface area contributed by atoms with E-state index < -0.39 is 5.41 Å². The Labute approximate surface area is 365 Å². The number of imide groups is 2. The summed E-state index contributed by atoms with van der Waals surface area (Å²) in [6, 6.07) is 51.6. The first-order valence-corrected chi connectivity index (χ1v) is 21.9. The molecule has 2 heterocycles. The fourth-order valence-electron chi connectivity index (χ4n) is 11.8. The van der Waals surface area contributed by atoms with E-state index in [1.54, 1.807) is 48.5 Å². The average molecular weight is 827 g/mol. The van der Waals surface area contributed by atoms with Crippen LogP contribution in [0.25, 0.3) is 0 Å². The molecule has 0 spiro atoms. The van der Waals surface area contributed by atoms with Gasteiger partial charge in [-0.25, -0.2) is 0 Å². The quantitative estimate of drug-likeness (QED) is 0.0776. The first-order valence-electron chi connectivity index (χ1n) is 21.9.